The fourth-order valence-corrected chi connectivity index (χ4v) is 0.960. The zero-order valence-electron chi connectivity index (χ0n) is 8.47. The lowest BCUT2D eigenvalue weighted by atomic mass is 10.3. The van der Waals surface area contributed by atoms with Crippen LogP contribution in [-0.4, -0.2) is 23.2 Å². The number of carbonyl (C=O) groups is 2. The summed E-state index contributed by atoms with van der Waals surface area (Å²) in [5.74, 6) is -1.07. The highest BCUT2D eigenvalue weighted by Gasteiger charge is 2.13. The number of hydrogen-bond donors (Lipinski definition) is 0. The molecule has 0 saturated heterocycles. The summed E-state index contributed by atoms with van der Waals surface area (Å²) in [6.07, 6.45) is 2.03. The second kappa shape index (κ2) is 5.09. The molecule has 1 aromatic heterocycles. The molecule has 0 aliphatic carbocycles. The van der Waals surface area contributed by atoms with E-state index in [-0.39, 0.29) is 0 Å². The first-order chi connectivity index (χ1) is 7.09. The van der Waals surface area contributed by atoms with Crippen molar-refractivity contribution in [3.05, 3.63) is 30.1 Å². The summed E-state index contributed by atoms with van der Waals surface area (Å²) in [5, 5.41) is 0. The normalized spacial score (nSPS) is 11.6. The van der Waals surface area contributed by atoms with Crippen molar-refractivity contribution in [1.29, 1.82) is 0 Å². The fraction of sp³-hybridized carbons (Fsp3) is 0.300. The molecule has 1 unspecified atom stereocenters. The molecule has 1 rings (SSSR count). The van der Waals surface area contributed by atoms with Crippen molar-refractivity contribution >= 4 is 11.9 Å². The smallest absolute Gasteiger partial charge is 0.342 e. The number of aromatic nitrogens is 1. The first-order valence-electron chi connectivity index (χ1n) is 4.38. The average Bonchev–Trinajstić information content (AvgIpc) is 2.17. The molecule has 0 amide bonds. The number of rotatable bonds is 3. The van der Waals surface area contributed by atoms with E-state index in [2.05, 4.69) is 9.72 Å². The van der Waals surface area contributed by atoms with E-state index in [1.807, 2.05) is 0 Å². The molecule has 0 fully saturated rings. The van der Waals surface area contributed by atoms with Gasteiger partial charge in [0.2, 0.25) is 6.29 Å². The van der Waals surface area contributed by atoms with Crippen LogP contribution in [0.3, 0.4) is 0 Å². The molecule has 5 heteroatoms. The molecular weight excluding hydrogens is 198 g/mol. The Hall–Kier alpha value is -1.91. The number of hydrogen-bond acceptors (Lipinski definition) is 5. The molecule has 0 bridgehead atoms. The van der Waals surface area contributed by atoms with Crippen LogP contribution in [0.1, 0.15) is 24.2 Å². The third-order valence-electron chi connectivity index (χ3n) is 1.50. The van der Waals surface area contributed by atoms with Crippen LogP contribution in [-0.2, 0) is 14.3 Å². The van der Waals surface area contributed by atoms with E-state index in [4.69, 9.17) is 4.74 Å². The van der Waals surface area contributed by atoms with E-state index < -0.39 is 18.2 Å². The minimum atomic E-state index is -0.893. The van der Waals surface area contributed by atoms with Crippen molar-refractivity contribution in [2.75, 3.05) is 0 Å². The summed E-state index contributed by atoms with van der Waals surface area (Å²) >= 11 is 0. The van der Waals surface area contributed by atoms with E-state index in [9.17, 15) is 9.59 Å². The van der Waals surface area contributed by atoms with Gasteiger partial charge in [-0.05, 0) is 12.1 Å². The Kier molecular flexibility index (Phi) is 3.79. The molecule has 1 heterocycles. The van der Waals surface area contributed by atoms with Crippen LogP contribution in [0.2, 0.25) is 0 Å². The van der Waals surface area contributed by atoms with Crippen LogP contribution in [0.4, 0.5) is 0 Å². The Balaban J connectivity index is 2.53. The average molecular weight is 209 g/mol. The maximum Gasteiger partial charge on any atom is 0.342 e. The molecule has 1 aromatic rings. The van der Waals surface area contributed by atoms with Crippen LogP contribution in [0.5, 0.6) is 0 Å². The van der Waals surface area contributed by atoms with Crippen molar-refractivity contribution in [3.63, 3.8) is 0 Å². The van der Waals surface area contributed by atoms with E-state index in [0.717, 1.165) is 0 Å². The van der Waals surface area contributed by atoms with Gasteiger partial charge in [0.15, 0.2) is 0 Å². The van der Waals surface area contributed by atoms with Gasteiger partial charge in [0.1, 0.15) is 0 Å². The molecule has 1 atom stereocenters. The molecule has 0 radical (unpaired) electrons. The third kappa shape index (κ3) is 3.76. The van der Waals surface area contributed by atoms with Crippen LogP contribution in [0.25, 0.3) is 0 Å². The highest BCUT2D eigenvalue weighted by molar-refractivity contribution is 5.89. The monoisotopic (exact) mass is 209 g/mol. The summed E-state index contributed by atoms with van der Waals surface area (Å²) in [4.78, 5) is 25.7. The Morgan fingerprint density at radius 1 is 1.40 bits per heavy atom. The SMILES string of the molecule is CC(=O)OC(C)OC(=O)c1cccnc1. The lowest BCUT2D eigenvalue weighted by Crippen LogP contribution is -2.20. The van der Waals surface area contributed by atoms with Gasteiger partial charge < -0.3 is 9.47 Å². The third-order valence-corrected chi connectivity index (χ3v) is 1.50. The van der Waals surface area contributed by atoms with Crippen molar-refractivity contribution < 1.29 is 19.1 Å². The van der Waals surface area contributed by atoms with Gasteiger partial charge in [-0.15, -0.1) is 0 Å². The molecule has 15 heavy (non-hydrogen) atoms. The minimum absolute atomic E-state index is 0.316. The number of ether oxygens (including phenoxy) is 2. The molecule has 0 saturated carbocycles. The molecule has 5 nitrogen and oxygen atoms in total. The molecule has 0 spiro atoms. The quantitative estimate of drug-likeness (QED) is 0.551. The van der Waals surface area contributed by atoms with Gasteiger partial charge in [0, 0.05) is 26.2 Å². The zero-order valence-corrected chi connectivity index (χ0v) is 8.47. The Morgan fingerprint density at radius 2 is 2.13 bits per heavy atom. The predicted octanol–water partition coefficient (Wildman–Crippen LogP) is 1.15. The minimum Gasteiger partial charge on any atom is -0.426 e. The summed E-state index contributed by atoms with van der Waals surface area (Å²) in [5.41, 5.74) is 0.316. The van der Waals surface area contributed by atoms with Crippen LogP contribution in [0.15, 0.2) is 24.5 Å². The molecule has 0 aliphatic heterocycles. The van der Waals surface area contributed by atoms with Gasteiger partial charge in [-0.1, -0.05) is 0 Å². The number of nitrogens with zero attached hydrogens (tertiary/aromatic N) is 1. The van der Waals surface area contributed by atoms with Crippen LogP contribution >= 0.6 is 0 Å². The van der Waals surface area contributed by atoms with Gasteiger partial charge >= 0.3 is 11.9 Å². The maximum atomic E-state index is 11.4. The maximum absolute atomic E-state index is 11.4. The first kappa shape index (κ1) is 11.2. The lowest BCUT2D eigenvalue weighted by Gasteiger charge is -2.12. The van der Waals surface area contributed by atoms with E-state index in [1.165, 1.54) is 20.0 Å². The Morgan fingerprint density at radius 3 is 2.67 bits per heavy atom. The van der Waals surface area contributed by atoms with E-state index in [1.54, 1.807) is 18.3 Å². The lowest BCUT2D eigenvalue weighted by molar-refractivity contribution is -0.162. The number of esters is 2. The van der Waals surface area contributed by atoms with E-state index in [0.29, 0.717) is 5.56 Å². The summed E-state index contributed by atoms with van der Waals surface area (Å²) in [6.45, 7) is 2.71. The topological polar surface area (TPSA) is 65.5 Å². The molecule has 80 valence electrons. The predicted molar refractivity (Wildman–Crippen MR) is 50.9 cm³/mol. The Bertz CT molecular complexity index is 350. The van der Waals surface area contributed by atoms with Crippen LogP contribution < -0.4 is 0 Å². The number of pyridine rings is 1. The highest BCUT2D eigenvalue weighted by atomic mass is 16.7. The molecule has 0 aromatic carbocycles. The largest absolute Gasteiger partial charge is 0.426 e. The van der Waals surface area contributed by atoms with Gasteiger partial charge in [0.25, 0.3) is 0 Å². The van der Waals surface area contributed by atoms with Gasteiger partial charge in [-0.3, -0.25) is 9.78 Å². The Labute approximate surface area is 87.0 Å². The second-order valence-electron chi connectivity index (χ2n) is 2.82. The van der Waals surface area contributed by atoms with Crippen molar-refractivity contribution in [2.45, 2.75) is 20.1 Å². The second-order valence-corrected chi connectivity index (χ2v) is 2.82. The first-order valence-corrected chi connectivity index (χ1v) is 4.38. The number of carbonyl (C=O) groups excluding carboxylic acids is 2. The molecule has 0 N–H and O–H groups in total. The molecular formula is C10H11NO4. The summed E-state index contributed by atoms with van der Waals surface area (Å²) in [7, 11) is 0. The van der Waals surface area contributed by atoms with Crippen molar-refractivity contribution in [1.82, 2.24) is 4.98 Å². The van der Waals surface area contributed by atoms with Crippen molar-refractivity contribution in [3.8, 4) is 0 Å². The van der Waals surface area contributed by atoms with Gasteiger partial charge in [-0.2, -0.15) is 0 Å². The van der Waals surface area contributed by atoms with Gasteiger partial charge in [-0.25, -0.2) is 4.79 Å². The summed E-state index contributed by atoms with van der Waals surface area (Å²) < 4.78 is 9.47. The summed E-state index contributed by atoms with van der Waals surface area (Å²) in [6, 6.07) is 3.18. The fourth-order valence-electron chi connectivity index (χ4n) is 0.960. The van der Waals surface area contributed by atoms with Crippen molar-refractivity contribution in [2.24, 2.45) is 0 Å². The standard InChI is InChI=1S/C10H11NO4/c1-7(12)14-8(2)15-10(13)9-4-3-5-11-6-9/h3-6,8H,1-2H3. The zero-order chi connectivity index (χ0) is 11.3. The highest BCUT2D eigenvalue weighted by Crippen LogP contribution is 2.03. The molecule has 0 aliphatic rings. The van der Waals surface area contributed by atoms with E-state index >= 15 is 0 Å². The van der Waals surface area contributed by atoms with Gasteiger partial charge in [0.05, 0.1) is 5.56 Å². The van der Waals surface area contributed by atoms with Crippen LogP contribution in [0, 0.1) is 0 Å².